The molecule has 0 spiro atoms. The largest absolute Gasteiger partial charge is 0.396 e. The molecule has 1 saturated carbocycles. The fourth-order valence-electron chi connectivity index (χ4n) is 1.67. The molecule has 0 bridgehead atoms. The van der Waals surface area contributed by atoms with E-state index in [-0.39, 0.29) is 5.54 Å². The topological polar surface area (TPSA) is 43.8 Å². The number of nitrogens with two attached hydrogens (primary N) is 1. The van der Waals surface area contributed by atoms with Gasteiger partial charge >= 0.3 is 0 Å². The van der Waals surface area contributed by atoms with Gasteiger partial charge in [-0.25, -0.2) is 0 Å². The maximum absolute atomic E-state index is 5.90. The van der Waals surface area contributed by atoms with E-state index in [1.165, 1.54) is 18.5 Å². The number of rotatable bonds is 1. The third-order valence-electron chi connectivity index (χ3n) is 2.44. The van der Waals surface area contributed by atoms with E-state index in [0.29, 0.717) is 5.92 Å². The van der Waals surface area contributed by atoms with E-state index in [1.807, 2.05) is 0 Å². The highest BCUT2D eigenvalue weighted by atomic mass is 15.3. The smallest absolute Gasteiger partial charge is 0.0736 e. The van der Waals surface area contributed by atoms with Gasteiger partial charge in [-0.3, -0.25) is 4.68 Å². The molecule has 13 heavy (non-hydrogen) atoms. The molecule has 1 fully saturated rings. The lowest BCUT2D eigenvalue weighted by Crippen LogP contribution is -2.25. The predicted octanol–water partition coefficient (Wildman–Crippen LogP) is 2.10. The summed E-state index contributed by atoms with van der Waals surface area (Å²) < 4.78 is 2.07. The zero-order chi connectivity index (χ0) is 9.64. The first-order chi connectivity index (χ1) is 6.00. The second kappa shape index (κ2) is 2.50. The second-order valence-corrected chi connectivity index (χ2v) is 4.84. The predicted molar refractivity (Wildman–Crippen MR) is 53.6 cm³/mol. The molecule has 1 aliphatic rings. The normalized spacial score (nSPS) is 17.8. The molecule has 2 N–H and O–H groups in total. The highest BCUT2D eigenvalue weighted by Crippen LogP contribution is 2.43. The van der Waals surface area contributed by atoms with Crippen LogP contribution in [0.15, 0.2) is 6.20 Å². The van der Waals surface area contributed by atoms with Crippen LogP contribution in [0.2, 0.25) is 0 Å². The summed E-state index contributed by atoms with van der Waals surface area (Å²) in [5.74, 6) is 0.668. The van der Waals surface area contributed by atoms with Gasteiger partial charge in [-0.05, 0) is 33.6 Å². The van der Waals surface area contributed by atoms with E-state index in [4.69, 9.17) is 5.73 Å². The minimum Gasteiger partial charge on any atom is -0.396 e. The number of hydrogen-bond acceptors (Lipinski definition) is 2. The van der Waals surface area contributed by atoms with Crippen molar-refractivity contribution >= 4 is 5.69 Å². The Kier molecular flexibility index (Phi) is 1.65. The molecule has 2 rings (SSSR count). The van der Waals surface area contributed by atoms with E-state index < -0.39 is 0 Å². The highest BCUT2D eigenvalue weighted by Gasteiger charge is 2.32. The van der Waals surface area contributed by atoms with Crippen LogP contribution in [0.3, 0.4) is 0 Å². The molecule has 1 aliphatic carbocycles. The molecule has 3 heteroatoms. The molecule has 0 unspecified atom stereocenters. The molecule has 0 amide bonds. The Morgan fingerprint density at radius 3 is 2.54 bits per heavy atom. The summed E-state index contributed by atoms with van der Waals surface area (Å²) in [7, 11) is 0. The molecular formula is C10H17N3. The van der Waals surface area contributed by atoms with Gasteiger partial charge < -0.3 is 5.73 Å². The lowest BCUT2D eigenvalue weighted by Gasteiger charge is -2.22. The number of hydrogen-bond donors (Lipinski definition) is 1. The van der Waals surface area contributed by atoms with E-state index >= 15 is 0 Å². The van der Waals surface area contributed by atoms with Crippen LogP contribution in [0.4, 0.5) is 5.69 Å². The van der Waals surface area contributed by atoms with Crippen molar-refractivity contribution in [1.29, 1.82) is 0 Å². The van der Waals surface area contributed by atoms with Gasteiger partial charge in [-0.1, -0.05) is 0 Å². The lowest BCUT2D eigenvalue weighted by molar-refractivity contribution is 0.344. The summed E-state index contributed by atoms with van der Waals surface area (Å²) in [4.78, 5) is 0. The molecule has 1 aromatic rings. The van der Waals surface area contributed by atoms with Gasteiger partial charge in [0.15, 0.2) is 0 Å². The van der Waals surface area contributed by atoms with Crippen LogP contribution >= 0.6 is 0 Å². The van der Waals surface area contributed by atoms with Crippen LogP contribution < -0.4 is 5.73 Å². The van der Waals surface area contributed by atoms with Gasteiger partial charge in [0.25, 0.3) is 0 Å². The SMILES string of the molecule is CC(C)(C)n1ncc(N)c1C1CC1. The minimum absolute atomic E-state index is 0.0511. The molecular weight excluding hydrogens is 162 g/mol. The zero-order valence-electron chi connectivity index (χ0n) is 8.54. The van der Waals surface area contributed by atoms with Crippen molar-refractivity contribution < 1.29 is 0 Å². The quantitative estimate of drug-likeness (QED) is 0.717. The summed E-state index contributed by atoms with van der Waals surface area (Å²) in [5.41, 5.74) is 8.05. The summed E-state index contributed by atoms with van der Waals surface area (Å²) in [6, 6.07) is 0. The van der Waals surface area contributed by atoms with E-state index in [0.717, 1.165) is 5.69 Å². The Balaban J connectivity index is 2.45. The van der Waals surface area contributed by atoms with Crippen LogP contribution in [-0.2, 0) is 5.54 Å². The van der Waals surface area contributed by atoms with Crippen molar-refractivity contribution in [2.75, 3.05) is 5.73 Å². The van der Waals surface area contributed by atoms with Gasteiger partial charge in [-0.15, -0.1) is 0 Å². The summed E-state index contributed by atoms with van der Waals surface area (Å²) in [5, 5.41) is 4.34. The third kappa shape index (κ3) is 1.43. The molecule has 0 radical (unpaired) electrons. The average molecular weight is 179 g/mol. The van der Waals surface area contributed by atoms with Crippen LogP contribution in [0.25, 0.3) is 0 Å². The van der Waals surface area contributed by atoms with Crippen molar-refractivity contribution in [3.63, 3.8) is 0 Å². The molecule has 0 aliphatic heterocycles. The van der Waals surface area contributed by atoms with E-state index in [9.17, 15) is 0 Å². The monoisotopic (exact) mass is 179 g/mol. The van der Waals surface area contributed by atoms with Crippen molar-refractivity contribution in [2.45, 2.75) is 45.1 Å². The Morgan fingerprint density at radius 1 is 1.46 bits per heavy atom. The third-order valence-corrected chi connectivity index (χ3v) is 2.44. The number of nitrogens with zero attached hydrogens (tertiary/aromatic N) is 2. The fourth-order valence-corrected chi connectivity index (χ4v) is 1.67. The van der Waals surface area contributed by atoms with Gasteiger partial charge in [0.1, 0.15) is 0 Å². The lowest BCUT2D eigenvalue weighted by atomic mass is 10.1. The Labute approximate surface area is 78.9 Å². The van der Waals surface area contributed by atoms with Gasteiger partial charge in [0.05, 0.1) is 23.1 Å². The molecule has 1 heterocycles. The number of nitrogen functional groups attached to an aromatic ring is 1. The zero-order valence-corrected chi connectivity index (χ0v) is 8.54. The van der Waals surface area contributed by atoms with Crippen molar-refractivity contribution in [3.05, 3.63) is 11.9 Å². The number of aromatic nitrogens is 2. The standard InChI is InChI=1S/C10H17N3/c1-10(2,3)13-9(7-4-5-7)8(11)6-12-13/h6-7H,4-5,11H2,1-3H3. The maximum Gasteiger partial charge on any atom is 0.0736 e. The highest BCUT2D eigenvalue weighted by molar-refractivity contribution is 5.45. The first kappa shape index (κ1) is 8.60. The summed E-state index contributed by atoms with van der Waals surface area (Å²) >= 11 is 0. The number of anilines is 1. The van der Waals surface area contributed by atoms with E-state index in [1.54, 1.807) is 6.20 Å². The van der Waals surface area contributed by atoms with Gasteiger partial charge in [0.2, 0.25) is 0 Å². The van der Waals surface area contributed by atoms with Crippen LogP contribution in [0, 0.1) is 0 Å². The van der Waals surface area contributed by atoms with Crippen molar-refractivity contribution in [1.82, 2.24) is 9.78 Å². The summed E-state index contributed by atoms with van der Waals surface area (Å²) in [6.45, 7) is 6.47. The van der Waals surface area contributed by atoms with Gasteiger partial charge in [-0.2, -0.15) is 5.10 Å². The van der Waals surface area contributed by atoms with E-state index in [2.05, 4.69) is 30.6 Å². The maximum atomic E-state index is 5.90. The Bertz CT molecular complexity index is 315. The fraction of sp³-hybridized carbons (Fsp3) is 0.700. The van der Waals surface area contributed by atoms with Crippen LogP contribution in [0.5, 0.6) is 0 Å². The van der Waals surface area contributed by atoms with Gasteiger partial charge in [0, 0.05) is 5.92 Å². The first-order valence-electron chi connectivity index (χ1n) is 4.84. The molecule has 0 atom stereocenters. The first-order valence-corrected chi connectivity index (χ1v) is 4.84. The van der Waals surface area contributed by atoms with Crippen molar-refractivity contribution in [3.8, 4) is 0 Å². The molecule has 1 aromatic heterocycles. The Morgan fingerprint density at radius 2 is 2.08 bits per heavy atom. The van der Waals surface area contributed by atoms with Crippen molar-refractivity contribution in [2.24, 2.45) is 0 Å². The Hall–Kier alpha value is -0.990. The van der Waals surface area contributed by atoms with Crippen LogP contribution in [-0.4, -0.2) is 9.78 Å². The molecule has 0 saturated heterocycles. The second-order valence-electron chi connectivity index (χ2n) is 4.84. The average Bonchev–Trinajstić information content (AvgIpc) is 2.73. The summed E-state index contributed by atoms with van der Waals surface area (Å²) in [6.07, 6.45) is 4.32. The molecule has 0 aromatic carbocycles. The van der Waals surface area contributed by atoms with Crippen LogP contribution in [0.1, 0.15) is 45.2 Å². The minimum atomic E-state index is 0.0511. The molecule has 72 valence electrons. The molecule has 3 nitrogen and oxygen atoms in total.